The topological polar surface area (TPSA) is 85.4 Å². The van der Waals surface area contributed by atoms with Crippen LogP contribution in [0, 0.1) is 0 Å². The number of hydrogen-bond donors (Lipinski definition) is 0. The van der Waals surface area contributed by atoms with Crippen molar-refractivity contribution < 1.29 is 28.6 Å². The van der Waals surface area contributed by atoms with Crippen molar-refractivity contribution in [3.8, 4) is 11.5 Å². The number of Topliss-reactive ketones (excluding diaryl/α,β-unsaturated/α-hetero) is 1. The Kier molecular flexibility index (Phi) is 5.31. The molecule has 0 spiro atoms. The first-order valence-electron chi connectivity index (χ1n) is 9.55. The van der Waals surface area contributed by atoms with Crippen LogP contribution in [-0.2, 0) is 27.5 Å². The zero-order chi connectivity index (χ0) is 21.3. The molecule has 4 rings (SSSR count). The van der Waals surface area contributed by atoms with E-state index in [4.69, 9.17) is 14.2 Å². The third kappa shape index (κ3) is 3.45. The van der Waals surface area contributed by atoms with Crippen LogP contribution in [-0.4, -0.2) is 60.4 Å². The molecule has 0 aliphatic carbocycles. The molecule has 0 N–H and O–H groups in total. The van der Waals surface area contributed by atoms with Gasteiger partial charge in [0.05, 0.1) is 27.3 Å². The van der Waals surface area contributed by atoms with Crippen molar-refractivity contribution in [3.05, 3.63) is 59.7 Å². The molecule has 2 heterocycles. The van der Waals surface area contributed by atoms with Gasteiger partial charge in [0.1, 0.15) is 30.2 Å². The average Bonchev–Trinajstić information content (AvgIpc) is 3.09. The van der Waals surface area contributed by atoms with Crippen LogP contribution in [0.5, 0.6) is 11.5 Å². The first kappa shape index (κ1) is 19.8. The zero-order valence-corrected chi connectivity index (χ0v) is 16.7. The summed E-state index contributed by atoms with van der Waals surface area (Å²) in [5.74, 6) is 0.743. The highest BCUT2D eigenvalue weighted by Gasteiger charge is 2.60. The summed E-state index contributed by atoms with van der Waals surface area (Å²) in [5, 5.41) is 0. The fraction of sp³-hybridized carbons (Fsp3) is 0.318. The van der Waals surface area contributed by atoms with E-state index in [0.717, 1.165) is 11.1 Å². The third-order valence-corrected chi connectivity index (χ3v) is 5.44. The van der Waals surface area contributed by atoms with Crippen LogP contribution in [0.4, 0.5) is 4.79 Å². The summed E-state index contributed by atoms with van der Waals surface area (Å²) in [5.41, 5.74) is 1.59. The molecule has 0 bridgehead atoms. The second-order valence-corrected chi connectivity index (χ2v) is 7.17. The average molecular weight is 410 g/mol. The van der Waals surface area contributed by atoms with E-state index in [1.165, 1.54) is 16.9 Å². The van der Waals surface area contributed by atoms with Gasteiger partial charge in [0.2, 0.25) is 5.91 Å². The summed E-state index contributed by atoms with van der Waals surface area (Å²) >= 11 is 0. The molecule has 2 aliphatic heterocycles. The maximum atomic E-state index is 12.8. The van der Waals surface area contributed by atoms with Crippen LogP contribution in [0.3, 0.4) is 0 Å². The molecular formula is C22H22N2O6. The molecule has 8 nitrogen and oxygen atoms in total. The second-order valence-electron chi connectivity index (χ2n) is 7.17. The maximum absolute atomic E-state index is 12.8. The zero-order valence-electron chi connectivity index (χ0n) is 16.7. The molecule has 156 valence electrons. The summed E-state index contributed by atoms with van der Waals surface area (Å²) in [6.07, 6.45) is -0.658. The molecule has 0 aromatic heterocycles. The van der Waals surface area contributed by atoms with E-state index in [-0.39, 0.29) is 31.4 Å². The molecular weight excluding hydrogens is 388 g/mol. The molecule has 2 saturated heterocycles. The Hall–Kier alpha value is -3.55. The molecule has 8 heteroatoms. The quantitative estimate of drug-likeness (QED) is 0.678. The van der Waals surface area contributed by atoms with E-state index in [1.54, 1.807) is 25.3 Å². The van der Waals surface area contributed by atoms with Crippen molar-refractivity contribution in [3.63, 3.8) is 0 Å². The van der Waals surface area contributed by atoms with E-state index < -0.39 is 18.2 Å². The van der Waals surface area contributed by atoms with E-state index in [2.05, 4.69) is 0 Å². The molecule has 2 aromatic carbocycles. The third-order valence-electron chi connectivity index (χ3n) is 5.44. The van der Waals surface area contributed by atoms with Gasteiger partial charge in [-0.25, -0.2) is 4.79 Å². The number of amides is 2. The van der Waals surface area contributed by atoms with Crippen LogP contribution in [0.25, 0.3) is 0 Å². The van der Waals surface area contributed by atoms with Crippen LogP contribution in [0.1, 0.15) is 11.1 Å². The minimum atomic E-state index is -0.801. The predicted molar refractivity (Wildman–Crippen MR) is 106 cm³/mol. The molecule has 2 atom stereocenters. The lowest BCUT2D eigenvalue weighted by molar-refractivity contribution is -0.156. The Bertz CT molecular complexity index is 977. The molecule has 0 radical (unpaired) electrons. The summed E-state index contributed by atoms with van der Waals surface area (Å²) in [7, 11) is 3.09. The number of benzene rings is 2. The predicted octanol–water partition coefficient (Wildman–Crippen LogP) is 2.00. The molecule has 30 heavy (non-hydrogen) atoms. The number of β-lactam (4-membered cyclic amide) rings is 1. The lowest BCUT2D eigenvalue weighted by Crippen LogP contribution is -2.67. The molecule has 2 amide bonds. The number of carbonyl (C=O) groups excluding carboxylic acids is 3. The molecule has 2 aliphatic rings. The van der Waals surface area contributed by atoms with E-state index >= 15 is 0 Å². The first-order valence-corrected chi connectivity index (χ1v) is 9.55. The fourth-order valence-electron chi connectivity index (χ4n) is 3.87. The molecule has 2 fully saturated rings. The SMILES string of the molecule is COc1ccc(CN2C(=O)[C@@H]3[C@H]2C(=O)CN3C(=O)OCc2ccccc2)c(OC)c1. The normalized spacial score (nSPS) is 19.9. The summed E-state index contributed by atoms with van der Waals surface area (Å²) in [6.45, 7) is 0.166. The van der Waals surface area contributed by atoms with Gasteiger partial charge in [-0.15, -0.1) is 0 Å². The van der Waals surface area contributed by atoms with Crippen molar-refractivity contribution in [2.75, 3.05) is 20.8 Å². The van der Waals surface area contributed by atoms with Gasteiger partial charge >= 0.3 is 6.09 Å². The van der Waals surface area contributed by atoms with Gasteiger partial charge < -0.3 is 19.1 Å². The number of nitrogens with zero attached hydrogens (tertiary/aromatic N) is 2. The summed E-state index contributed by atoms with van der Waals surface area (Å²) in [6, 6.07) is 13.1. The van der Waals surface area contributed by atoms with E-state index in [1.807, 2.05) is 30.3 Å². The van der Waals surface area contributed by atoms with Gasteiger partial charge in [0.25, 0.3) is 0 Å². The number of ether oxygens (including phenoxy) is 3. The highest BCUT2D eigenvalue weighted by Crippen LogP contribution is 2.35. The van der Waals surface area contributed by atoms with Gasteiger partial charge in [-0.1, -0.05) is 30.3 Å². The minimum Gasteiger partial charge on any atom is -0.497 e. The highest BCUT2D eigenvalue weighted by atomic mass is 16.6. The van der Waals surface area contributed by atoms with Gasteiger partial charge in [0, 0.05) is 11.6 Å². The smallest absolute Gasteiger partial charge is 0.411 e. The van der Waals surface area contributed by atoms with Crippen molar-refractivity contribution in [2.24, 2.45) is 0 Å². The van der Waals surface area contributed by atoms with Crippen LogP contribution < -0.4 is 9.47 Å². The Balaban J connectivity index is 1.43. The van der Waals surface area contributed by atoms with Gasteiger partial charge in [0.15, 0.2) is 5.78 Å². The van der Waals surface area contributed by atoms with Crippen molar-refractivity contribution >= 4 is 17.8 Å². The Morgan fingerprint density at radius 1 is 1.03 bits per heavy atom. The first-order chi connectivity index (χ1) is 14.5. The number of ketones is 1. The van der Waals surface area contributed by atoms with E-state index in [0.29, 0.717) is 11.5 Å². The van der Waals surface area contributed by atoms with Gasteiger partial charge in [-0.05, 0) is 17.7 Å². The fourth-order valence-corrected chi connectivity index (χ4v) is 3.87. The number of methoxy groups -OCH3 is 2. The van der Waals surface area contributed by atoms with E-state index in [9.17, 15) is 14.4 Å². The van der Waals surface area contributed by atoms with Gasteiger partial charge in [-0.3, -0.25) is 14.5 Å². The van der Waals surface area contributed by atoms with Crippen LogP contribution >= 0.6 is 0 Å². The molecule has 0 saturated carbocycles. The van der Waals surface area contributed by atoms with Crippen molar-refractivity contribution in [2.45, 2.75) is 25.2 Å². The van der Waals surface area contributed by atoms with Crippen LogP contribution in [0.15, 0.2) is 48.5 Å². The second kappa shape index (κ2) is 8.06. The number of likely N-dealkylation sites (tertiary alicyclic amines) is 2. The Labute approximate surface area is 173 Å². The number of hydrogen-bond acceptors (Lipinski definition) is 6. The monoisotopic (exact) mass is 410 g/mol. The lowest BCUT2D eigenvalue weighted by atomic mass is 9.94. The Morgan fingerprint density at radius 3 is 2.50 bits per heavy atom. The van der Waals surface area contributed by atoms with Crippen molar-refractivity contribution in [1.29, 1.82) is 0 Å². The number of rotatable bonds is 6. The number of fused-ring (bicyclic) bond motifs is 1. The van der Waals surface area contributed by atoms with Crippen molar-refractivity contribution in [1.82, 2.24) is 9.80 Å². The van der Waals surface area contributed by atoms with Crippen LogP contribution in [0.2, 0.25) is 0 Å². The lowest BCUT2D eigenvalue weighted by Gasteiger charge is -2.44. The number of carbonyl (C=O) groups is 3. The summed E-state index contributed by atoms with van der Waals surface area (Å²) < 4.78 is 15.9. The highest BCUT2D eigenvalue weighted by molar-refractivity contribution is 6.08. The summed E-state index contributed by atoms with van der Waals surface area (Å²) in [4.78, 5) is 40.5. The molecule has 0 unspecified atom stereocenters. The standard InChI is InChI=1S/C22H22N2O6/c1-28-16-9-8-15(18(10-16)29-2)11-23-19-17(25)12-24(20(19)21(23)26)22(27)30-13-14-6-4-3-5-7-14/h3-10,19-20H,11-13H2,1-2H3/t19-,20+/m1/s1. The Morgan fingerprint density at radius 2 is 1.80 bits per heavy atom. The van der Waals surface area contributed by atoms with Gasteiger partial charge in [-0.2, -0.15) is 0 Å². The maximum Gasteiger partial charge on any atom is 0.411 e. The molecule has 2 aromatic rings. The largest absolute Gasteiger partial charge is 0.497 e. The minimum absolute atomic E-state index is 0.0860.